The second-order valence-corrected chi connectivity index (χ2v) is 9.47. The molecule has 0 aromatic heterocycles. The Labute approximate surface area is 201 Å². The minimum Gasteiger partial charge on any atom is -0.490 e. The number of carbonyl (C=O) groups excluding carboxylic acids is 2. The predicted molar refractivity (Wildman–Crippen MR) is 130 cm³/mol. The molecule has 6 heteroatoms. The molecule has 34 heavy (non-hydrogen) atoms. The summed E-state index contributed by atoms with van der Waals surface area (Å²) >= 11 is 0. The zero-order chi connectivity index (χ0) is 23.7. The normalized spacial score (nSPS) is 21.8. The second kappa shape index (κ2) is 9.69. The summed E-state index contributed by atoms with van der Waals surface area (Å²) in [4.78, 5) is 29.3. The molecule has 2 heterocycles. The SMILES string of the molecule is CCOc1cc2c(cc1OCC)[C@H]1[C@@H](C(=O)NC3CCCCC3)c3ccccc3C(=O)N1CC2. The number of nitrogens with zero attached hydrogens (tertiary/aromatic N) is 1. The van der Waals surface area contributed by atoms with Gasteiger partial charge >= 0.3 is 0 Å². The number of rotatable bonds is 6. The standard InChI is InChI=1S/C28H34N2O4/c1-3-33-23-16-18-14-15-30-26(22(18)17-24(23)34-4-2)25(20-12-8-9-13-21(20)28(30)32)27(31)29-19-10-6-5-7-11-19/h8-9,12-13,16-17,19,25-26H,3-7,10-11,14-15H2,1-2H3,(H,29,31)/t25-,26-/m0/s1. The molecule has 180 valence electrons. The number of amides is 2. The van der Waals surface area contributed by atoms with Crippen molar-refractivity contribution in [2.45, 2.75) is 70.4 Å². The van der Waals surface area contributed by atoms with Gasteiger partial charge in [-0.2, -0.15) is 0 Å². The quantitative estimate of drug-likeness (QED) is 0.672. The van der Waals surface area contributed by atoms with Gasteiger partial charge in [0.2, 0.25) is 5.91 Å². The minimum atomic E-state index is -0.456. The maximum Gasteiger partial charge on any atom is 0.254 e. The van der Waals surface area contributed by atoms with E-state index in [0.717, 1.165) is 54.5 Å². The van der Waals surface area contributed by atoms with Gasteiger partial charge < -0.3 is 19.7 Å². The van der Waals surface area contributed by atoms with Gasteiger partial charge in [-0.1, -0.05) is 37.5 Å². The fourth-order valence-corrected chi connectivity index (χ4v) is 5.89. The van der Waals surface area contributed by atoms with E-state index in [9.17, 15) is 9.59 Å². The second-order valence-electron chi connectivity index (χ2n) is 9.47. The molecule has 3 aliphatic rings. The number of hydrogen-bond donors (Lipinski definition) is 1. The number of ether oxygens (including phenoxy) is 2. The molecule has 6 nitrogen and oxygen atoms in total. The molecule has 2 atom stereocenters. The van der Waals surface area contributed by atoms with Crippen molar-refractivity contribution < 1.29 is 19.1 Å². The van der Waals surface area contributed by atoms with Gasteiger partial charge in [0.25, 0.3) is 5.91 Å². The molecule has 0 radical (unpaired) electrons. The number of nitrogens with one attached hydrogen (secondary N) is 1. The lowest BCUT2D eigenvalue weighted by atomic mass is 9.75. The van der Waals surface area contributed by atoms with Crippen LogP contribution in [0.15, 0.2) is 36.4 Å². The highest BCUT2D eigenvalue weighted by molar-refractivity contribution is 6.01. The molecule has 2 amide bonds. The Kier molecular flexibility index (Phi) is 6.48. The number of hydrogen-bond acceptors (Lipinski definition) is 4. The van der Waals surface area contributed by atoms with Gasteiger partial charge in [-0.15, -0.1) is 0 Å². The van der Waals surface area contributed by atoms with E-state index in [-0.39, 0.29) is 23.9 Å². The first kappa shape index (κ1) is 22.8. The van der Waals surface area contributed by atoms with Gasteiger partial charge in [-0.25, -0.2) is 0 Å². The van der Waals surface area contributed by atoms with E-state index in [1.807, 2.05) is 55.1 Å². The molecule has 0 saturated heterocycles. The van der Waals surface area contributed by atoms with Crippen molar-refractivity contribution in [1.29, 1.82) is 0 Å². The third-order valence-corrected chi connectivity index (χ3v) is 7.42. The highest BCUT2D eigenvalue weighted by Crippen LogP contribution is 2.48. The Morgan fingerprint density at radius 3 is 2.44 bits per heavy atom. The van der Waals surface area contributed by atoms with E-state index in [4.69, 9.17) is 9.47 Å². The molecular weight excluding hydrogens is 428 g/mol. The molecule has 2 aromatic rings. The molecule has 1 fully saturated rings. The van der Waals surface area contributed by atoms with Crippen LogP contribution in [0.5, 0.6) is 11.5 Å². The Balaban J connectivity index is 1.60. The highest BCUT2D eigenvalue weighted by Gasteiger charge is 2.47. The molecule has 1 N–H and O–H groups in total. The summed E-state index contributed by atoms with van der Waals surface area (Å²) < 4.78 is 11.8. The summed E-state index contributed by atoms with van der Waals surface area (Å²) in [5.74, 6) is 0.952. The molecule has 1 aliphatic carbocycles. The Hall–Kier alpha value is -3.02. The minimum absolute atomic E-state index is 0.000175. The largest absolute Gasteiger partial charge is 0.490 e. The predicted octanol–water partition coefficient (Wildman–Crippen LogP) is 4.77. The van der Waals surface area contributed by atoms with Crippen LogP contribution in [0.25, 0.3) is 0 Å². The third-order valence-electron chi connectivity index (χ3n) is 7.42. The molecule has 0 spiro atoms. The first-order valence-electron chi connectivity index (χ1n) is 12.7. The van der Waals surface area contributed by atoms with E-state index >= 15 is 0 Å². The Morgan fingerprint density at radius 1 is 1.00 bits per heavy atom. The maximum atomic E-state index is 13.9. The van der Waals surface area contributed by atoms with Crippen LogP contribution in [0.1, 0.15) is 85.0 Å². The van der Waals surface area contributed by atoms with E-state index in [2.05, 4.69) is 5.32 Å². The van der Waals surface area contributed by atoms with E-state index in [1.165, 1.54) is 6.42 Å². The van der Waals surface area contributed by atoms with Crippen LogP contribution in [-0.2, 0) is 11.2 Å². The van der Waals surface area contributed by atoms with Gasteiger partial charge in [0.05, 0.1) is 25.2 Å². The summed E-state index contributed by atoms with van der Waals surface area (Å²) in [7, 11) is 0. The van der Waals surface area contributed by atoms with Gasteiger partial charge in [0, 0.05) is 18.2 Å². The summed E-state index contributed by atoms with van der Waals surface area (Å²) in [5.41, 5.74) is 3.57. The Bertz CT molecular complexity index is 1080. The fourth-order valence-electron chi connectivity index (χ4n) is 5.89. The summed E-state index contributed by atoms with van der Waals surface area (Å²) in [6.45, 7) is 5.55. The topological polar surface area (TPSA) is 67.9 Å². The van der Waals surface area contributed by atoms with Crippen molar-refractivity contribution in [2.75, 3.05) is 19.8 Å². The van der Waals surface area contributed by atoms with Crippen molar-refractivity contribution in [1.82, 2.24) is 10.2 Å². The lowest BCUT2D eigenvalue weighted by Gasteiger charge is -2.45. The molecular formula is C28H34N2O4. The van der Waals surface area contributed by atoms with Crippen LogP contribution in [-0.4, -0.2) is 42.5 Å². The first-order valence-corrected chi connectivity index (χ1v) is 12.7. The first-order chi connectivity index (χ1) is 16.6. The van der Waals surface area contributed by atoms with Crippen LogP contribution >= 0.6 is 0 Å². The monoisotopic (exact) mass is 462 g/mol. The fraction of sp³-hybridized carbons (Fsp3) is 0.500. The van der Waals surface area contributed by atoms with Crippen molar-refractivity contribution in [2.24, 2.45) is 0 Å². The number of carbonyl (C=O) groups is 2. The number of benzene rings is 2. The molecule has 0 unspecified atom stereocenters. The molecule has 2 aliphatic heterocycles. The summed E-state index contributed by atoms with van der Waals surface area (Å²) in [6.07, 6.45) is 6.32. The van der Waals surface area contributed by atoms with E-state index in [1.54, 1.807) is 0 Å². The molecule has 2 aromatic carbocycles. The van der Waals surface area contributed by atoms with Gasteiger partial charge in [-0.3, -0.25) is 9.59 Å². The lowest BCUT2D eigenvalue weighted by Crippen LogP contribution is -2.51. The van der Waals surface area contributed by atoms with Crippen LogP contribution in [0.4, 0.5) is 0 Å². The van der Waals surface area contributed by atoms with Crippen molar-refractivity contribution in [3.8, 4) is 11.5 Å². The van der Waals surface area contributed by atoms with Crippen molar-refractivity contribution >= 4 is 11.8 Å². The average Bonchev–Trinajstić information content (AvgIpc) is 2.85. The molecule has 0 bridgehead atoms. The Morgan fingerprint density at radius 2 is 1.71 bits per heavy atom. The third kappa shape index (κ3) is 4.04. The van der Waals surface area contributed by atoms with Crippen LogP contribution in [0, 0.1) is 0 Å². The van der Waals surface area contributed by atoms with E-state index in [0.29, 0.717) is 31.1 Å². The van der Waals surface area contributed by atoms with Crippen LogP contribution < -0.4 is 14.8 Å². The van der Waals surface area contributed by atoms with Crippen LogP contribution in [0.3, 0.4) is 0 Å². The number of fused-ring (bicyclic) bond motifs is 4. The van der Waals surface area contributed by atoms with Crippen molar-refractivity contribution in [3.05, 3.63) is 58.7 Å². The lowest BCUT2D eigenvalue weighted by molar-refractivity contribution is -0.125. The summed E-state index contributed by atoms with van der Waals surface area (Å²) in [6, 6.07) is 11.5. The zero-order valence-corrected chi connectivity index (χ0v) is 20.1. The highest BCUT2D eigenvalue weighted by atomic mass is 16.5. The molecule has 5 rings (SSSR count). The van der Waals surface area contributed by atoms with Gasteiger partial charge in [-0.05, 0) is 68.0 Å². The van der Waals surface area contributed by atoms with Crippen LogP contribution in [0.2, 0.25) is 0 Å². The van der Waals surface area contributed by atoms with Crippen molar-refractivity contribution in [3.63, 3.8) is 0 Å². The zero-order valence-electron chi connectivity index (χ0n) is 20.1. The van der Waals surface area contributed by atoms with Gasteiger partial charge in [0.1, 0.15) is 0 Å². The molecule has 1 saturated carbocycles. The van der Waals surface area contributed by atoms with E-state index < -0.39 is 5.92 Å². The van der Waals surface area contributed by atoms with Gasteiger partial charge in [0.15, 0.2) is 11.5 Å². The average molecular weight is 463 g/mol. The smallest absolute Gasteiger partial charge is 0.254 e. The summed E-state index contributed by atoms with van der Waals surface area (Å²) in [5, 5.41) is 3.35. The maximum absolute atomic E-state index is 13.9.